The Kier molecular flexibility index (Phi) is 6.16. The number of nitrogens with two attached hydrogens (primary N) is 1. The summed E-state index contributed by atoms with van der Waals surface area (Å²) < 4.78 is 0. The molecule has 5 heteroatoms. The fraction of sp³-hybridized carbons (Fsp3) is 0.235. The van der Waals surface area contributed by atoms with Crippen LogP contribution >= 0.6 is 23.4 Å². The molecule has 22 heavy (non-hydrogen) atoms. The summed E-state index contributed by atoms with van der Waals surface area (Å²) in [5.41, 5.74) is 8.14. The first-order valence-corrected chi connectivity index (χ1v) is 8.64. The van der Waals surface area contributed by atoms with Crippen molar-refractivity contribution in [2.75, 3.05) is 24.7 Å². The lowest BCUT2D eigenvalue weighted by Crippen LogP contribution is -2.34. The average Bonchev–Trinajstić information content (AvgIpc) is 2.59. The fourth-order valence-electron chi connectivity index (χ4n) is 2.00. The first-order valence-electron chi connectivity index (χ1n) is 6.98. The first-order chi connectivity index (χ1) is 10.6. The van der Waals surface area contributed by atoms with E-state index >= 15 is 0 Å². The molecule has 0 aliphatic rings. The molecule has 116 valence electrons. The van der Waals surface area contributed by atoms with Crippen LogP contribution in [0.5, 0.6) is 0 Å². The lowest BCUT2D eigenvalue weighted by molar-refractivity contribution is 0.921. The Morgan fingerprint density at radius 1 is 1.23 bits per heavy atom. The molecule has 0 saturated carbocycles. The van der Waals surface area contributed by atoms with E-state index in [1.807, 2.05) is 54.4 Å². The summed E-state index contributed by atoms with van der Waals surface area (Å²) in [4.78, 5) is 7.47. The van der Waals surface area contributed by atoms with Crippen molar-refractivity contribution in [3.05, 3.63) is 60.2 Å². The van der Waals surface area contributed by atoms with Gasteiger partial charge in [0, 0.05) is 17.6 Å². The molecule has 0 spiro atoms. The van der Waals surface area contributed by atoms with Crippen LogP contribution in [0.2, 0.25) is 0 Å². The van der Waals surface area contributed by atoms with E-state index in [0.717, 1.165) is 11.3 Å². The van der Waals surface area contributed by atoms with E-state index in [1.165, 1.54) is 4.90 Å². The second-order valence-electron chi connectivity index (χ2n) is 4.84. The highest BCUT2D eigenvalue weighted by Crippen LogP contribution is 2.22. The summed E-state index contributed by atoms with van der Waals surface area (Å²) in [6, 6.07) is 18.1. The second kappa shape index (κ2) is 8.11. The Hall–Kier alpha value is -1.65. The molecule has 0 heterocycles. The Bertz CT molecular complexity index is 631. The van der Waals surface area contributed by atoms with Gasteiger partial charge in [0.15, 0.2) is 5.96 Å². The van der Waals surface area contributed by atoms with Crippen LogP contribution in [0.25, 0.3) is 0 Å². The Labute approximate surface area is 141 Å². The number of hydrogen-bond acceptors (Lipinski definition) is 2. The fourth-order valence-corrected chi connectivity index (χ4v) is 2.67. The van der Waals surface area contributed by atoms with Crippen molar-refractivity contribution in [2.24, 2.45) is 10.7 Å². The van der Waals surface area contributed by atoms with Gasteiger partial charge in [-0.05, 0) is 30.0 Å². The number of alkyl halides is 1. The lowest BCUT2D eigenvalue weighted by atomic mass is 10.1. The summed E-state index contributed by atoms with van der Waals surface area (Å²) in [7, 11) is 1.91. The number of guanidine groups is 1. The molecule has 2 N–H and O–H groups in total. The Morgan fingerprint density at radius 2 is 1.95 bits per heavy atom. The summed E-state index contributed by atoms with van der Waals surface area (Å²) in [5, 5.41) is -0.175. The minimum atomic E-state index is -0.175. The van der Waals surface area contributed by atoms with E-state index < -0.39 is 0 Å². The van der Waals surface area contributed by atoms with Gasteiger partial charge in [0.25, 0.3) is 0 Å². The number of anilines is 1. The van der Waals surface area contributed by atoms with Gasteiger partial charge in [-0.15, -0.1) is 23.4 Å². The van der Waals surface area contributed by atoms with E-state index in [9.17, 15) is 0 Å². The van der Waals surface area contributed by atoms with Gasteiger partial charge in [-0.25, -0.2) is 0 Å². The van der Waals surface area contributed by atoms with Gasteiger partial charge in [-0.1, -0.05) is 36.4 Å². The third-order valence-electron chi connectivity index (χ3n) is 3.36. The maximum atomic E-state index is 6.36. The maximum absolute atomic E-state index is 6.36. The van der Waals surface area contributed by atoms with Crippen LogP contribution in [0.4, 0.5) is 5.69 Å². The molecular weight excluding hydrogens is 314 g/mol. The SMILES string of the molecule is CSc1cccc(N(C)C(N)=NCC(Cl)c2ccccc2)c1. The number of benzene rings is 2. The molecule has 0 radical (unpaired) electrons. The molecule has 0 fully saturated rings. The van der Waals surface area contributed by atoms with Gasteiger partial charge in [0.1, 0.15) is 0 Å². The molecular formula is C17H20ClN3S. The van der Waals surface area contributed by atoms with E-state index in [-0.39, 0.29) is 5.38 Å². The molecule has 0 aromatic heterocycles. The number of aliphatic imine (C=N–C) groups is 1. The second-order valence-corrected chi connectivity index (χ2v) is 6.24. The smallest absolute Gasteiger partial charge is 0.195 e. The highest BCUT2D eigenvalue weighted by Gasteiger charge is 2.09. The van der Waals surface area contributed by atoms with Gasteiger partial charge in [-0.3, -0.25) is 4.99 Å². The molecule has 0 aliphatic heterocycles. The van der Waals surface area contributed by atoms with E-state index in [1.54, 1.807) is 11.8 Å². The van der Waals surface area contributed by atoms with Crippen LogP contribution < -0.4 is 10.6 Å². The summed E-state index contributed by atoms with van der Waals surface area (Å²) in [6.07, 6.45) is 2.05. The average molecular weight is 334 g/mol. The van der Waals surface area contributed by atoms with Gasteiger partial charge in [-0.2, -0.15) is 0 Å². The Morgan fingerprint density at radius 3 is 2.64 bits per heavy atom. The number of nitrogens with zero attached hydrogens (tertiary/aromatic N) is 2. The van der Waals surface area contributed by atoms with Crippen LogP contribution in [0, 0.1) is 0 Å². The van der Waals surface area contributed by atoms with E-state index in [2.05, 4.69) is 23.4 Å². The topological polar surface area (TPSA) is 41.6 Å². The summed E-state index contributed by atoms with van der Waals surface area (Å²) in [5.74, 6) is 0.458. The highest BCUT2D eigenvalue weighted by molar-refractivity contribution is 7.98. The quantitative estimate of drug-likeness (QED) is 0.387. The first kappa shape index (κ1) is 16.7. The molecule has 0 amide bonds. The van der Waals surface area contributed by atoms with Crippen molar-refractivity contribution in [3.63, 3.8) is 0 Å². The number of hydrogen-bond donors (Lipinski definition) is 1. The minimum Gasteiger partial charge on any atom is -0.370 e. The van der Waals surface area contributed by atoms with Crippen LogP contribution in [0.3, 0.4) is 0 Å². The van der Waals surface area contributed by atoms with Crippen molar-refractivity contribution < 1.29 is 0 Å². The Balaban J connectivity index is 2.04. The third kappa shape index (κ3) is 4.42. The standard InChI is InChI=1S/C17H20ClN3S/c1-21(14-9-6-10-15(11-14)22-2)17(19)20-12-16(18)13-7-4-3-5-8-13/h3-11,16H,12H2,1-2H3,(H2,19,20). The van der Waals surface area contributed by atoms with Crippen molar-refractivity contribution in [1.82, 2.24) is 0 Å². The van der Waals surface area contributed by atoms with Gasteiger partial charge >= 0.3 is 0 Å². The predicted octanol–water partition coefficient (Wildman–Crippen LogP) is 4.14. The zero-order valence-corrected chi connectivity index (χ0v) is 14.3. The summed E-state index contributed by atoms with van der Waals surface area (Å²) in [6.45, 7) is 0.448. The zero-order valence-electron chi connectivity index (χ0n) is 12.7. The van der Waals surface area contributed by atoms with Crippen molar-refractivity contribution >= 4 is 35.0 Å². The van der Waals surface area contributed by atoms with Crippen molar-refractivity contribution in [3.8, 4) is 0 Å². The molecule has 1 atom stereocenters. The molecule has 2 aromatic rings. The molecule has 0 bridgehead atoms. The lowest BCUT2D eigenvalue weighted by Gasteiger charge is -2.19. The van der Waals surface area contributed by atoms with Crippen molar-refractivity contribution in [1.29, 1.82) is 0 Å². The maximum Gasteiger partial charge on any atom is 0.195 e. The largest absolute Gasteiger partial charge is 0.370 e. The molecule has 2 rings (SSSR count). The normalized spacial score (nSPS) is 13.0. The van der Waals surface area contributed by atoms with E-state index in [0.29, 0.717) is 12.5 Å². The van der Waals surface area contributed by atoms with Crippen molar-refractivity contribution in [2.45, 2.75) is 10.3 Å². The number of halogens is 1. The van der Waals surface area contributed by atoms with Gasteiger partial charge in [0.2, 0.25) is 0 Å². The number of thioether (sulfide) groups is 1. The molecule has 3 nitrogen and oxygen atoms in total. The van der Waals surface area contributed by atoms with Crippen LogP contribution in [-0.4, -0.2) is 25.8 Å². The van der Waals surface area contributed by atoms with Crippen LogP contribution in [-0.2, 0) is 0 Å². The van der Waals surface area contributed by atoms with Gasteiger partial charge < -0.3 is 10.6 Å². The molecule has 0 aliphatic carbocycles. The van der Waals surface area contributed by atoms with Crippen LogP contribution in [0.1, 0.15) is 10.9 Å². The molecule has 1 unspecified atom stereocenters. The minimum absolute atomic E-state index is 0.175. The van der Waals surface area contributed by atoms with E-state index in [4.69, 9.17) is 17.3 Å². The molecule has 2 aromatic carbocycles. The van der Waals surface area contributed by atoms with Gasteiger partial charge in [0.05, 0.1) is 11.9 Å². The monoisotopic (exact) mass is 333 g/mol. The number of rotatable bonds is 5. The predicted molar refractivity (Wildman–Crippen MR) is 98.2 cm³/mol. The highest BCUT2D eigenvalue weighted by atomic mass is 35.5. The zero-order chi connectivity index (χ0) is 15.9. The summed E-state index contributed by atoms with van der Waals surface area (Å²) >= 11 is 8.06. The van der Waals surface area contributed by atoms with Crippen LogP contribution in [0.15, 0.2) is 64.5 Å². The molecule has 0 saturated heterocycles. The third-order valence-corrected chi connectivity index (χ3v) is 4.47.